The number of pyridine rings is 2. The van der Waals surface area contributed by atoms with Gasteiger partial charge in [0.2, 0.25) is 0 Å². The van der Waals surface area contributed by atoms with Gasteiger partial charge < -0.3 is 10.7 Å². The standard InChI is InChI=1S/C13H14BrN5O/c1-8-3-2-4-10(18-8)7-17-13(20)11-5-9(14)6-16-12(11)19-15/h2-6H,7,15H2,1H3,(H,16,19)(H,17,20). The lowest BCUT2D eigenvalue weighted by Gasteiger charge is -2.09. The minimum absolute atomic E-state index is 0.268. The van der Waals surface area contributed by atoms with E-state index in [4.69, 9.17) is 5.84 Å². The smallest absolute Gasteiger partial charge is 0.255 e. The van der Waals surface area contributed by atoms with Crippen molar-refractivity contribution in [3.8, 4) is 0 Å². The van der Waals surface area contributed by atoms with Crippen molar-refractivity contribution in [2.24, 2.45) is 5.84 Å². The second kappa shape index (κ2) is 6.44. The number of carbonyl (C=O) groups excluding carboxylic acids is 1. The van der Waals surface area contributed by atoms with E-state index in [0.29, 0.717) is 22.4 Å². The van der Waals surface area contributed by atoms with Gasteiger partial charge in [-0.05, 0) is 41.1 Å². The highest BCUT2D eigenvalue weighted by molar-refractivity contribution is 9.10. The number of hydrazine groups is 1. The van der Waals surface area contributed by atoms with E-state index in [1.807, 2.05) is 25.1 Å². The zero-order chi connectivity index (χ0) is 14.5. The molecule has 104 valence electrons. The predicted octanol–water partition coefficient (Wildman–Crippen LogP) is 1.76. The van der Waals surface area contributed by atoms with Crippen LogP contribution in [0, 0.1) is 6.92 Å². The molecular weight excluding hydrogens is 322 g/mol. The molecule has 0 unspecified atom stereocenters. The average molecular weight is 336 g/mol. The van der Waals surface area contributed by atoms with Crippen molar-refractivity contribution in [2.45, 2.75) is 13.5 Å². The second-order valence-corrected chi connectivity index (χ2v) is 5.06. The molecule has 2 heterocycles. The zero-order valence-corrected chi connectivity index (χ0v) is 12.4. The molecule has 0 fully saturated rings. The van der Waals surface area contributed by atoms with Crippen LogP contribution in [0.4, 0.5) is 5.82 Å². The summed E-state index contributed by atoms with van der Waals surface area (Å²) in [7, 11) is 0. The SMILES string of the molecule is Cc1cccc(CNC(=O)c2cc(Br)cnc2NN)n1. The Morgan fingerprint density at radius 1 is 1.45 bits per heavy atom. The number of halogens is 1. The third kappa shape index (κ3) is 3.52. The van der Waals surface area contributed by atoms with E-state index in [9.17, 15) is 4.79 Å². The van der Waals surface area contributed by atoms with Gasteiger partial charge in [-0.25, -0.2) is 10.8 Å². The third-order valence-corrected chi connectivity index (χ3v) is 3.05. The molecule has 0 atom stereocenters. The molecule has 20 heavy (non-hydrogen) atoms. The van der Waals surface area contributed by atoms with Crippen molar-refractivity contribution in [3.05, 3.63) is 51.9 Å². The molecule has 0 saturated carbocycles. The summed E-state index contributed by atoms with van der Waals surface area (Å²) in [5.41, 5.74) is 4.48. The van der Waals surface area contributed by atoms with Gasteiger partial charge in [-0.15, -0.1) is 0 Å². The Bertz CT molecular complexity index is 632. The summed E-state index contributed by atoms with van der Waals surface area (Å²) in [5.74, 6) is 5.40. The van der Waals surface area contributed by atoms with E-state index in [-0.39, 0.29) is 5.91 Å². The molecule has 0 aliphatic heterocycles. The summed E-state index contributed by atoms with van der Waals surface area (Å²) in [5, 5.41) is 2.79. The summed E-state index contributed by atoms with van der Waals surface area (Å²) >= 11 is 3.28. The number of carbonyl (C=O) groups is 1. The summed E-state index contributed by atoms with van der Waals surface area (Å²) in [6, 6.07) is 7.31. The number of anilines is 1. The average Bonchev–Trinajstić information content (AvgIpc) is 2.45. The summed E-state index contributed by atoms with van der Waals surface area (Å²) in [4.78, 5) is 20.5. The molecule has 7 heteroatoms. The Hall–Kier alpha value is -1.99. The van der Waals surface area contributed by atoms with E-state index in [1.165, 1.54) is 0 Å². The summed E-state index contributed by atoms with van der Waals surface area (Å²) < 4.78 is 0.704. The number of hydrogen-bond acceptors (Lipinski definition) is 5. The van der Waals surface area contributed by atoms with Crippen molar-refractivity contribution >= 4 is 27.7 Å². The molecular formula is C13H14BrN5O. The summed E-state index contributed by atoms with van der Waals surface area (Å²) in [6.07, 6.45) is 1.56. The first-order valence-electron chi connectivity index (χ1n) is 5.93. The second-order valence-electron chi connectivity index (χ2n) is 4.15. The highest BCUT2D eigenvalue weighted by atomic mass is 79.9. The Morgan fingerprint density at radius 2 is 2.25 bits per heavy atom. The third-order valence-electron chi connectivity index (χ3n) is 2.61. The Labute approximate surface area is 124 Å². The van der Waals surface area contributed by atoms with Crippen molar-refractivity contribution in [1.82, 2.24) is 15.3 Å². The number of rotatable bonds is 4. The van der Waals surface area contributed by atoms with Crippen LogP contribution in [-0.2, 0) is 6.54 Å². The zero-order valence-electron chi connectivity index (χ0n) is 10.9. The number of hydrogen-bond donors (Lipinski definition) is 3. The van der Waals surface area contributed by atoms with Crippen LogP contribution in [0.2, 0.25) is 0 Å². The maximum Gasteiger partial charge on any atom is 0.255 e. The lowest BCUT2D eigenvalue weighted by Crippen LogP contribution is -2.25. The van der Waals surface area contributed by atoms with Crippen molar-refractivity contribution in [2.75, 3.05) is 5.43 Å². The van der Waals surface area contributed by atoms with E-state index < -0.39 is 0 Å². The van der Waals surface area contributed by atoms with Crippen molar-refractivity contribution in [1.29, 1.82) is 0 Å². The number of nitrogens with one attached hydrogen (secondary N) is 2. The largest absolute Gasteiger partial charge is 0.346 e. The van der Waals surface area contributed by atoms with Crippen LogP contribution in [0.25, 0.3) is 0 Å². The first-order chi connectivity index (χ1) is 9.60. The lowest BCUT2D eigenvalue weighted by molar-refractivity contribution is 0.0951. The van der Waals surface area contributed by atoms with Gasteiger partial charge in [0.15, 0.2) is 5.82 Å². The molecule has 0 radical (unpaired) electrons. The molecule has 4 N–H and O–H groups in total. The monoisotopic (exact) mass is 335 g/mol. The Morgan fingerprint density at radius 3 is 2.95 bits per heavy atom. The van der Waals surface area contributed by atoms with Gasteiger partial charge in [0.1, 0.15) is 0 Å². The van der Waals surface area contributed by atoms with Gasteiger partial charge in [-0.2, -0.15) is 0 Å². The normalized spacial score (nSPS) is 10.2. The molecule has 0 aliphatic carbocycles. The van der Waals surface area contributed by atoms with Crippen molar-refractivity contribution < 1.29 is 4.79 Å². The minimum Gasteiger partial charge on any atom is -0.346 e. The van der Waals surface area contributed by atoms with Gasteiger partial charge in [0.25, 0.3) is 5.91 Å². The lowest BCUT2D eigenvalue weighted by atomic mass is 10.2. The number of amides is 1. The van der Waals surface area contributed by atoms with Crippen LogP contribution in [0.15, 0.2) is 34.9 Å². The number of nitrogen functional groups attached to an aromatic ring is 1. The van der Waals surface area contributed by atoms with Crippen LogP contribution < -0.4 is 16.6 Å². The van der Waals surface area contributed by atoms with E-state index in [0.717, 1.165) is 11.4 Å². The topological polar surface area (TPSA) is 92.9 Å². The first kappa shape index (κ1) is 14.4. The highest BCUT2D eigenvalue weighted by Crippen LogP contribution is 2.17. The van der Waals surface area contributed by atoms with Gasteiger partial charge >= 0.3 is 0 Å². The maximum absolute atomic E-state index is 12.1. The Kier molecular flexibility index (Phi) is 4.65. The van der Waals surface area contributed by atoms with Gasteiger partial charge in [0.05, 0.1) is 17.8 Å². The fourth-order valence-corrected chi connectivity index (χ4v) is 2.02. The first-order valence-corrected chi connectivity index (χ1v) is 6.72. The van der Waals surface area contributed by atoms with E-state index in [2.05, 4.69) is 36.6 Å². The maximum atomic E-state index is 12.1. The van der Waals surface area contributed by atoms with Gasteiger partial charge in [0, 0.05) is 16.4 Å². The molecule has 0 saturated heterocycles. The summed E-state index contributed by atoms with van der Waals surface area (Å²) in [6.45, 7) is 2.25. The Balaban J connectivity index is 2.10. The molecule has 1 amide bonds. The molecule has 0 bridgehead atoms. The molecule has 0 aliphatic rings. The van der Waals surface area contributed by atoms with Crippen LogP contribution in [0.3, 0.4) is 0 Å². The molecule has 6 nitrogen and oxygen atoms in total. The van der Waals surface area contributed by atoms with E-state index in [1.54, 1.807) is 12.3 Å². The number of nitrogens with two attached hydrogens (primary N) is 1. The van der Waals surface area contributed by atoms with E-state index >= 15 is 0 Å². The molecule has 0 spiro atoms. The molecule has 2 aromatic rings. The number of nitrogens with zero attached hydrogens (tertiary/aromatic N) is 2. The van der Waals surface area contributed by atoms with Crippen LogP contribution >= 0.6 is 15.9 Å². The van der Waals surface area contributed by atoms with Crippen LogP contribution in [0.5, 0.6) is 0 Å². The number of aryl methyl sites for hydroxylation is 1. The van der Waals surface area contributed by atoms with Crippen LogP contribution in [-0.4, -0.2) is 15.9 Å². The van der Waals surface area contributed by atoms with Gasteiger partial charge in [-0.1, -0.05) is 6.07 Å². The molecule has 0 aromatic carbocycles. The van der Waals surface area contributed by atoms with Gasteiger partial charge in [-0.3, -0.25) is 9.78 Å². The molecule has 2 rings (SSSR count). The quantitative estimate of drug-likeness (QED) is 0.584. The fourth-order valence-electron chi connectivity index (χ4n) is 1.69. The minimum atomic E-state index is -0.268. The number of aromatic nitrogens is 2. The predicted molar refractivity (Wildman–Crippen MR) is 79.9 cm³/mol. The van der Waals surface area contributed by atoms with Crippen molar-refractivity contribution in [3.63, 3.8) is 0 Å². The van der Waals surface area contributed by atoms with Crippen LogP contribution in [0.1, 0.15) is 21.7 Å². The highest BCUT2D eigenvalue weighted by Gasteiger charge is 2.12. The molecule has 2 aromatic heterocycles. The fraction of sp³-hybridized carbons (Fsp3) is 0.154.